The van der Waals surface area contributed by atoms with E-state index >= 15 is 0 Å². The number of furan rings is 1. The van der Waals surface area contributed by atoms with E-state index in [0.717, 1.165) is 16.2 Å². The van der Waals surface area contributed by atoms with Crippen molar-refractivity contribution in [2.24, 2.45) is 10.8 Å². The lowest BCUT2D eigenvalue weighted by molar-refractivity contribution is 0.0392. The van der Waals surface area contributed by atoms with Gasteiger partial charge in [0.25, 0.3) is 0 Å². The number of nitrogens with two attached hydrogens (primary N) is 1. The molecule has 27 heavy (non-hydrogen) atoms. The maximum Gasteiger partial charge on any atom is 0.338 e. The summed E-state index contributed by atoms with van der Waals surface area (Å²) in [7, 11) is 1.36. The highest BCUT2D eigenvalue weighted by molar-refractivity contribution is 6.16. The molecule has 0 spiro atoms. The molecule has 7 nitrogen and oxygen atoms in total. The number of benzene rings is 2. The van der Waals surface area contributed by atoms with Crippen LogP contribution in [0.1, 0.15) is 16.1 Å². The summed E-state index contributed by atoms with van der Waals surface area (Å²) < 4.78 is 16.1. The number of carbonyl (C=O) groups excluding carboxylic acids is 1. The van der Waals surface area contributed by atoms with Crippen LogP contribution in [0.2, 0.25) is 0 Å². The number of fused-ring (bicyclic) bond motifs is 3. The lowest BCUT2D eigenvalue weighted by atomic mass is 10.0. The van der Waals surface area contributed by atoms with Gasteiger partial charge < -0.3 is 19.6 Å². The van der Waals surface area contributed by atoms with Crippen molar-refractivity contribution >= 4 is 46.0 Å². The highest BCUT2D eigenvalue weighted by Crippen LogP contribution is 2.31. The number of hydrogen-bond donors (Lipinski definition) is 1. The number of halogens is 1. The number of rotatable bonds is 3. The Morgan fingerprint density at radius 2 is 1.85 bits per heavy atom. The van der Waals surface area contributed by atoms with Gasteiger partial charge in [0.1, 0.15) is 5.58 Å². The van der Waals surface area contributed by atoms with Crippen molar-refractivity contribution in [3.05, 3.63) is 47.7 Å². The smallest absolute Gasteiger partial charge is 0.338 e. The third-order valence-corrected chi connectivity index (χ3v) is 4.44. The van der Waals surface area contributed by atoms with E-state index < -0.39 is 5.97 Å². The van der Waals surface area contributed by atoms with Crippen molar-refractivity contribution in [3.8, 4) is 0 Å². The second kappa shape index (κ2) is 7.85. The monoisotopic (exact) mass is 389 g/mol. The zero-order valence-corrected chi connectivity index (χ0v) is 15.6. The molecule has 0 radical (unpaired) electrons. The Morgan fingerprint density at radius 3 is 2.56 bits per heavy atom. The van der Waals surface area contributed by atoms with Crippen molar-refractivity contribution in [1.29, 1.82) is 0 Å². The van der Waals surface area contributed by atoms with Crippen LogP contribution in [-0.4, -0.2) is 50.2 Å². The van der Waals surface area contributed by atoms with E-state index in [1.807, 2.05) is 35.3 Å². The number of ether oxygens (including phenoxy) is 2. The highest BCUT2D eigenvalue weighted by Gasteiger charge is 2.18. The van der Waals surface area contributed by atoms with E-state index in [0.29, 0.717) is 49.0 Å². The molecule has 1 aromatic heterocycles. The zero-order valence-electron chi connectivity index (χ0n) is 14.8. The van der Waals surface area contributed by atoms with Crippen LogP contribution in [0.5, 0.6) is 0 Å². The fraction of sp³-hybridized carbons (Fsp3) is 0.263. The molecular formula is C19H20ClN3O4. The van der Waals surface area contributed by atoms with E-state index in [9.17, 15) is 4.79 Å². The van der Waals surface area contributed by atoms with Gasteiger partial charge in [0.15, 0.2) is 11.6 Å². The molecule has 2 aromatic carbocycles. The quantitative estimate of drug-likeness (QED) is 0.421. The van der Waals surface area contributed by atoms with E-state index in [2.05, 4.69) is 5.10 Å². The molecule has 1 aliphatic rings. The van der Waals surface area contributed by atoms with Crippen molar-refractivity contribution in [1.82, 2.24) is 5.01 Å². The van der Waals surface area contributed by atoms with Crippen LogP contribution in [0.3, 0.4) is 0 Å². The number of nitrogens with zero attached hydrogens (tertiary/aromatic N) is 2. The number of hydrazone groups is 1. The lowest BCUT2D eigenvalue weighted by Crippen LogP contribution is -2.34. The highest BCUT2D eigenvalue weighted by atomic mass is 35.5. The van der Waals surface area contributed by atoms with Crippen molar-refractivity contribution in [2.75, 3.05) is 33.4 Å². The molecule has 1 fully saturated rings. The van der Waals surface area contributed by atoms with Gasteiger partial charge in [-0.3, -0.25) is 5.01 Å². The second-order valence-corrected chi connectivity index (χ2v) is 6.04. The molecule has 0 saturated carbocycles. The first-order valence-electron chi connectivity index (χ1n) is 8.38. The molecule has 142 valence electrons. The maximum absolute atomic E-state index is 12.1. The fourth-order valence-corrected chi connectivity index (χ4v) is 3.14. The summed E-state index contributed by atoms with van der Waals surface area (Å²) in [4.78, 5) is 12.1. The number of amidine groups is 1. The number of methoxy groups -OCH3 is 1. The number of hydrogen-bond acceptors (Lipinski definition) is 6. The predicted octanol–water partition coefficient (Wildman–Crippen LogP) is 2.75. The Balaban J connectivity index is 0.00000210. The Hall–Kier alpha value is -2.77. The lowest BCUT2D eigenvalue weighted by Gasteiger charge is -2.23. The average molecular weight is 390 g/mol. The Morgan fingerprint density at radius 1 is 1.15 bits per heavy atom. The Bertz CT molecular complexity index is 1010. The van der Waals surface area contributed by atoms with Crippen molar-refractivity contribution in [3.63, 3.8) is 0 Å². The van der Waals surface area contributed by atoms with Gasteiger partial charge in [-0.15, -0.1) is 12.4 Å². The minimum absolute atomic E-state index is 0. The minimum Gasteiger partial charge on any atom is -0.465 e. The van der Waals surface area contributed by atoms with Gasteiger partial charge in [0, 0.05) is 5.39 Å². The summed E-state index contributed by atoms with van der Waals surface area (Å²) in [6.45, 7) is 2.64. The van der Waals surface area contributed by atoms with Gasteiger partial charge in [-0.2, -0.15) is 5.10 Å². The summed E-state index contributed by atoms with van der Waals surface area (Å²) in [5, 5.41) is 8.87. The number of morpholine rings is 1. The molecule has 3 aromatic rings. The molecule has 4 rings (SSSR count). The van der Waals surface area contributed by atoms with Gasteiger partial charge in [0.2, 0.25) is 0 Å². The first kappa shape index (κ1) is 19.0. The Kier molecular flexibility index (Phi) is 5.53. The topological polar surface area (TPSA) is 90.3 Å². The predicted molar refractivity (Wildman–Crippen MR) is 105 cm³/mol. The van der Waals surface area contributed by atoms with Crippen LogP contribution in [0.15, 0.2) is 45.9 Å². The largest absolute Gasteiger partial charge is 0.465 e. The molecule has 1 saturated heterocycles. The summed E-state index contributed by atoms with van der Waals surface area (Å²) >= 11 is 0. The second-order valence-electron chi connectivity index (χ2n) is 6.04. The van der Waals surface area contributed by atoms with Crippen LogP contribution in [0.25, 0.3) is 21.7 Å². The van der Waals surface area contributed by atoms with Gasteiger partial charge >= 0.3 is 5.97 Å². The SMILES string of the molecule is COC(=O)c1cc2oc(/C(N)=N\N3CCOCC3)cc2c2ccccc12.Cl. The summed E-state index contributed by atoms with van der Waals surface area (Å²) in [5.41, 5.74) is 7.17. The minimum atomic E-state index is -0.406. The molecule has 1 aliphatic heterocycles. The van der Waals surface area contributed by atoms with Gasteiger partial charge in [-0.1, -0.05) is 24.3 Å². The van der Waals surface area contributed by atoms with Crippen LogP contribution in [0.4, 0.5) is 0 Å². The first-order valence-corrected chi connectivity index (χ1v) is 8.38. The number of esters is 1. The molecule has 0 aliphatic carbocycles. The summed E-state index contributed by atoms with van der Waals surface area (Å²) in [6.07, 6.45) is 0. The molecule has 2 heterocycles. The van der Waals surface area contributed by atoms with Crippen LogP contribution in [0, 0.1) is 0 Å². The van der Waals surface area contributed by atoms with Gasteiger partial charge in [0.05, 0.1) is 39.0 Å². The normalized spacial score (nSPS) is 15.0. The summed E-state index contributed by atoms with van der Waals surface area (Å²) in [6, 6.07) is 11.2. The molecule has 2 N–H and O–H groups in total. The zero-order chi connectivity index (χ0) is 18.1. The third kappa shape index (κ3) is 3.56. The van der Waals surface area contributed by atoms with Gasteiger partial charge in [-0.25, -0.2) is 4.79 Å². The molecule has 0 bridgehead atoms. The summed E-state index contributed by atoms with van der Waals surface area (Å²) in [5.74, 6) is 0.362. The van der Waals surface area contributed by atoms with Gasteiger partial charge in [-0.05, 0) is 22.9 Å². The van der Waals surface area contributed by atoms with E-state index in [1.54, 1.807) is 6.07 Å². The first-order chi connectivity index (χ1) is 12.7. The van der Waals surface area contributed by atoms with Crippen LogP contribution in [-0.2, 0) is 9.47 Å². The van der Waals surface area contributed by atoms with E-state index in [4.69, 9.17) is 19.6 Å². The van der Waals surface area contributed by atoms with Crippen molar-refractivity contribution in [2.45, 2.75) is 0 Å². The third-order valence-electron chi connectivity index (χ3n) is 4.44. The van der Waals surface area contributed by atoms with E-state index in [-0.39, 0.29) is 12.4 Å². The van der Waals surface area contributed by atoms with Crippen molar-refractivity contribution < 1.29 is 18.7 Å². The molecule has 8 heteroatoms. The van der Waals surface area contributed by atoms with Crippen LogP contribution >= 0.6 is 12.4 Å². The molecular weight excluding hydrogens is 370 g/mol. The fourth-order valence-electron chi connectivity index (χ4n) is 3.14. The molecule has 0 amide bonds. The number of carbonyl (C=O) groups is 1. The standard InChI is InChI=1S/C19H19N3O4.ClH/c1-24-19(23)15-11-16-14(12-4-2-3-5-13(12)15)10-17(26-16)18(20)21-22-6-8-25-9-7-22;/h2-5,10-11H,6-9H2,1H3,(H2,20,21);1H. The van der Waals surface area contributed by atoms with Crippen LogP contribution < -0.4 is 5.73 Å². The maximum atomic E-state index is 12.1. The van der Waals surface area contributed by atoms with E-state index in [1.165, 1.54) is 7.11 Å². The molecule has 0 unspecified atom stereocenters. The Labute approximate surface area is 162 Å². The molecule has 0 atom stereocenters. The average Bonchev–Trinajstić information content (AvgIpc) is 3.12.